The van der Waals surface area contributed by atoms with Gasteiger partial charge in [0.15, 0.2) is 0 Å². The molecule has 1 saturated carbocycles. The van der Waals surface area contributed by atoms with E-state index in [0.29, 0.717) is 11.0 Å². The molecule has 1 aliphatic rings. The highest BCUT2D eigenvalue weighted by molar-refractivity contribution is 5.87. The topological polar surface area (TPSA) is 26.3 Å². The molecule has 1 aliphatic carbocycles. The average molecular weight is 224 g/mol. The fourth-order valence-electron chi connectivity index (χ4n) is 2.30. The predicted molar refractivity (Wildman–Crippen MR) is 66.1 cm³/mol. The largest absolute Gasteiger partial charge is 0.459 e. The van der Waals surface area contributed by atoms with Gasteiger partial charge in [-0.2, -0.15) is 0 Å². The molecule has 0 aliphatic heterocycles. The second kappa shape index (κ2) is 5.03. The Morgan fingerprint density at radius 1 is 1.19 bits per heavy atom. The summed E-state index contributed by atoms with van der Waals surface area (Å²) >= 11 is 0. The summed E-state index contributed by atoms with van der Waals surface area (Å²) in [7, 11) is 0. The summed E-state index contributed by atoms with van der Waals surface area (Å²) in [5.74, 6) is 0.520. The van der Waals surface area contributed by atoms with Crippen LogP contribution in [-0.4, -0.2) is 12.1 Å². The first-order chi connectivity index (χ1) is 7.30. The van der Waals surface area contributed by atoms with Crippen molar-refractivity contribution in [2.75, 3.05) is 0 Å². The molecular formula is C14H24O2. The quantitative estimate of drug-likeness (QED) is 0.528. The lowest BCUT2D eigenvalue weighted by Crippen LogP contribution is -2.30. The van der Waals surface area contributed by atoms with Crippen LogP contribution in [0.15, 0.2) is 12.2 Å². The maximum atomic E-state index is 11.4. The molecule has 0 atom stereocenters. The van der Waals surface area contributed by atoms with Crippen molar-refractivity contribution in [3.8, 4) is 0 Å². The molecule has 2 nitrogen and oxygen atoms in total. The van der Waals surface area contributed by atoms with Crippen LogP contribution in [0.25, 0.3) is 0 Å². The minimum absolute atomic E-state index is 0.114. The van der Waals surface area contributed by atoms with Gasteiger partial charge in [-0.15, -0.1) is 0 Å². The summed E-state index contributed by atoms with van der Waals surface area (Å²) in [5, 5.41) is 0. The van der Waals surface area contributed by atoms with Crippen LogP contribution in [0.5, 0.6) is 0 Å². The van der Waals surface area contributed by atoms with E-state index in [9.17, 15) is 4.79 Å². The fourth-order valence-corrected chi connectivity index (χ4v) is 2.30. The van der Waals surface area contributed by atoms with E-state index >= 15 is 0 Å². The molecule has 0 heterocycles. The van der Waals surface area contributed by atoms with Gasteiger partial charge in [-0.3, -0.25) is 0 Å². The van der Waals surface area contributed by atoms with Crippen molar-refractivity contribution in [1.29, 1.82) is 0 Å². The highest BCUT2D eigenvalue weighted by Crippen LogP contribution is 2.38. The van der Waals surface area contributed by atoms with Crippen molar-refractivity contribution >= 4 is 5.97 Å². The highest BCUT2D eigenvalue weighted by Gasteiger charge is 2.30. The van der Waals surface area contributed by atoms with Crippen molar-refractivity contribution in [3.05, 3.63) is 12.2 Å². The third-order valence-corrected chi connectivity index (χ3v) is 3.52. The molecular weight excluding hydrogens is 200 g/mol. The Kier molecular flexibility index (Phi) is 4.17. The van der Waals surface area contributed by atoms with Gasteiger partial charge < -0.3 is 4.74 Å². The first-order valence-electron chi connectivity index (χ1n) is 6.17. The summed E-state index contributed by atoms with van der Waals surface area (Å²) in [6, 6.07) is 0. The molecule has 0 aromatic rings. The number of rotatable bonds is 2. The maximum absolute atomic E-state index is 11.4. The Balaban J connectivity index is 2.38. The molecule has 2 heteroatoms. The molecule has 0 amide bonds. The molecule has 1 rings (SSSR count). The summed E-state index contributed by atoms with van der Waals surface area (Å²) in [5.41, 5.74) is 0.876. The Hall–Kier alpha value is -0.790. The first-order valence-corrected chi connectivity index (χ1v) is 6.17. The van der Waals surface area contributed by atoms with Gasteiger partial charge >= 0.3 is 5.97 Å². The zero-order valence-electron chi connectivity index (χ0n) is 11.0. The number of carbonyl (C=O) groups is 1. The molecule has 0 spiro atoms. The van der Waals surface area contributed by atoms with Gasteiger partial charge in [-0.1, -0.05) is 27.4 Å². The third-order valence-electron chi connectivity index (χ3n) is 3.52. The molecule has 0 radical (unpaired) electrons. The van der Waals surface area contributed by atoms with Gasteiger partial charge in [0, 0.05) is 5.57 Å². The van der Waals surface area contributed by atoms with E-state index < -0.39 is 0 Å². The molecule has 92 valence electrons. The second-order valence-electron chi connectivity index (χ2n) is 6.03. The summed E-state index contributed by atoms with van der Waals surface area (Å²) in [4.78, 5) is 11.4. The normalized spacial score (nSPS) is 26.2. The molecule has 0 unspecified atom stereocenters. The number of ether oxygens (including phenoxy) is 1. The molecule has 1 fully saturated rings. The minimum atomic E-state index is -0.237. The van der Waals surface area contributed by atoms with Crippen LogP contribution >= 0.6 is 0 Å². The molecule has 0 bridgehead atoms. The van der Waals surface area contributed by atoms with E-state index in [1.807, 2.05) is 0 Å². The molecule has 0 aromatic carbocycles. The molecule has 16 heavy (non-hydrogen) atoms. The van der Waals surface area contributed by atoms with Crippen LogP contribution in [-0.2, 0) is 9.53 Å². The van der Waals surface area contributed by atoms with Crippen molar-refractivity contribution in [2.24, 2.45) is 11.3 Å². The lowest BCUT2D eigenvalue weighted by molar-refractivity contribution is -0.146. The number of hydrogen-bond donors (Lipinski definition) is 0. The fraction of sp³-hybridized carbons (Fsp3) is 0.786. The van der Waals surface area contributed by atoms with Gasteiger partial charge in [0.2, 0.25) is 0 Å². The van der Waals surface area contributed by atoms with Crippen LogP contribution in [0.2, 0.25) is 0 Å². The Bertz CT molecular complexity index is 265. The van der Waals surface area contributed by atoms with E-state index in [4.69, 9.17) is 4.74 Å². The number of hydrogen-bond acceptors (Lipinski definition) is 2. The van der Waals surface area contributed by atoms with Crippen LogP contribution < -0.4 is 0 Å². The van der Waals surface area contributed by atoms with Crippen LogP contribution in [0, 0.1) is 11.3 Å². The average Bonchev–Trinajstić information content (AvgIpc) is 2.17. The monoisotopic (exact) mass is 224 g/mol. The summed E-state index contributed by atoms with van der Waals surface area (Å²) < 4.78 is 5.38. The van der Waals surface area contributed by atoms with Crippen LogP contribution in [0.3, 0.4) is 0 Å². The standard InChI is InChI=1S/C14H24O2/c1-10(2)13(15)16-12-8-6-11(7-9-12)14(3,4)5/h11-12H,1,6-9H2,2-5H3/t11-,12+. The lowest BCUT2D eigenvalue weighted by Gasteiger charge is -2.36. The molecule has 0 aromatic heterocycles. The van der Waals surface area contributed by atoms with E-state index in [1.54, 1.807) is 6.92 Å². The van der Waals surface area contributed by atoms with Crippen LogP contribution in [0.4, 0.5) is 0 Å². The van der Waals surface area contributed by atoms with Gasteiger partial charge in [0.05, 0.1) is 0 Å². The van der Waals surface area contributed by atoms with Crippen LogP contribution in [0.1, 0.15) is 53.4 Å². The maximum Gasteiger partial charge on any atom is 0.333 e. The predicted octanol–water partition coefficient (Wildman–Crippen LogP) is 3.71. The first kappa shape index (κ1) is 13.3. The molecule has 0 N–H and O–H groups in total. The van der Waals surface area contributed by atoms with E-state index in [1.165, 1.54) is 0 Å². The van der Waals surface area contributed by atoms with Crippen molar-refractivity contribution in [3.63, 3.8) is 0 Å². The minimum Gasteiger partial charge on any atom is -0.459 e. The summed E-state index contributed by atoms with van der Waals surface area (Å²) in [6.07, 6.45) is 4.44. The molecule has 0 saturated heterocycles. The van der Waals surface area contributed by atoms with Gasteiger partial charge in [-0.25, -0.2) is 4.79 Å². The van der Waals surface area contributed by atoms with E-state index in [2.05, 4.69) is 27.4 Å². The van der Waals surface area contributed by atoms with Gasteiger partial charge in [0.1, 0.15) is 6.10 Å². The van der Waals surface area contributed by atoms with Gasteiger partial charge in [0.25, 0.3) is 0 Å². The van der Waals surface area contributed by atoms with Crippen molar-refractivity contribution in [1.82, 2.24) is 0 Å². The lowest BCUT2D eigenvalue weighted by atomic mass is 9.72. The SMILES string of the molecule is C=C(C)C(=O)O[C@H]1CC[C@@H](C(C)(C)C)CC1. The zero-order chi connectivity index (χ0) is 12.3. The Labute approximate surface area is 99.1 Å². The third kappa shape index (κ3) is 3.66. The number of carbonyl (C=O) groups excluding carboxylic acids is 1. The Morgan fingerprint density at radius 2 is 1.69 bits per heavy atom. The van der Waals surface area contributed by atoms with E-state index in [0.717, 1.165) is 31.6 Å². The van der Waals surface area contributed by atoms with Crippen molar-refractivity contribution in [2.45, 2.75) is 59.5 Å². The number of esters is 1. The Morgan fingerprint density at radius 3 is 2.06 bits per heavy atom. The zero-order valence-corrected chi connectivity index (χ0v) is 11.0. The van der Waals surface area contributed by atoms with Crippen molar-refractivity contribution < 1.29 is 9.53 Å². The highest BCUT2D eigenvalue weighted by atomic mass is 16.5. The second-order valence-corrected chi connectivity index (χ2v) is 6.03. The summed E-state index contributed by atoms with van der Waals surface area (Å²) in [6.45, 7) is 12.2. The van der Waals surface area contributed by atoms with Gasteiger partial charge in [-0.05, 0) is 43.9 Å². The van der Waals surface area contributed by atoms with E-state index in [-0.39, 0.29) is 12.1 Å². The smallest absolute Gasteiger partial charge is 0.333 e.